The molecule has 0 bridgehead atoms. The molecule has 2 aromatic heterocycles. The third-order valence-corrected chi connectivity index (χ3v) is 3.70. The van der Waals surface area contributed by atoms with Crippen LogP contribution in [0.1, 0.15) is 11.4 Å². The van der Waals surface area contributed by atoms with Gasteiger partial charge in [-0.15, -0.1) is 0 Å². The van der Waals surface area contributed by atoms with Gasteiger partial charge in [0, 0.05) is 10.7 Å². The van der Waals surface area contributed by atoms with Crippen LogP contribution in [-0.2, 0) is 6.54 Å². The number of nitrogens with zero attached hydrogens (tertiary/aromatic N) is 2. The number of nitrogens with one attached hydrogen (secondary N) is 1. The lowest BCUT2D eigenvalue weighted by atomic mass is 10.3. The third-order valence-electron chi connectivity index (χ3n) is 3.20. The number of benzene rings is 1. The van der Waals surface area contributed by atoms with Crippen molar-refractivity contribution in [1.29, 1.82) is 0 Å². The highest BCUT2D eigenvalue weighted by Gasteiger charge is 2.09. The minimum Gasteiger partial charge on any atom is -0.377 e. The van der Waals surface area contributed by atoms with E-state index in [2.05, 4.69) is 26.2 Å². The van der Waals surface area contributed by atoms with Crippen LogP contribution in [0.15, 0.2) is 47.1 Å². The van der Waals surface area contributed by atoms with Gasteiger partial charge >= 0.3 is 0 Å². The summed E-state index contributed by atoms with van der Waals surface area (Å²) < 4.78 is 16.6. The van der Waals surface area contributed by atoms with E-state index < -0.39 is 0 Å². The molecule has 0 saturated heterocycles. The molecule has 5 heteroatoms. The summed E-state index contributed by atoms with van der Waals surface area (Å²) >= 11 is 3.35. The number of anilines is 1. The maximum atomic E-state index is 13.7. The number of rotatable bonds is 3. The molecule has 0 amide bonds. The van der Waals surface area contributed by atoms with E-state index in [-0.39, 0.29) is 5.82 Å². The maximum absolute atomic E-state index is 13.7. The van der Waals surface area contributed by atoms with Gasteiger partial charge in [0.2, 0.25) is 0 Å². The van der Waals surface area contributed by atoms with Crippen LogP contribution in [0.4, 0.5) is 10.1 Å². The van der Waals surface area contributed by atoms with Gasteiger partial charge in [0.1, 0.15) is 11.5 Å². The van der Waals surface area contributed by atoms with Gasteiger partial charge in [-0.1, -0.05) is 22.0 Å². The van der Waals surface area contributed by atoms with Crippen molar-refractivity contribution in [3.05, 3.63) is 64.3 Å². The van der Waals surface area contributed by atoms with Crippen molar-refractivity contribution in [2.24, 2.45) is 0 Å². The minimum absolute atomic E-state index is 0.264. The number of pyridine rings is 1. The van der Waals surface area contributed by atoms with E-state index in [1.807, 2.05) is 35.7 Å². The van der Waals surface area contributed by atoms with Crippen molar-refractivity contribution in [2.45, 2.75) is 13.5 Å². The Morgan fingerprint density at radius 1 is 1.30 bits per heavy atom. The number of halogens is 2. The number of imidazole rings is 1. The van der Waals surface area contributed by atoms with Crippen LogP contribution in [0.3, 0.4) is 0 Å². The van der Waals surface area contributed by atoms with E-state index in [0.717, 1.165) is 21.5 Å². The summed E-state index contributed by atoms with van der Waals surface area (Å²) in [7, 11) is 0. The Kier molecular flexibility index (Phi) is 3.44. The molecule has 0 fully saturated rings. The monoisotopic (exact) mass is 333 g/mol. The number of hydrogen-bond donors (Lipinski definition) is 1. The molecule has 1 aromatic carbocycles. The Balaban J connectivity index is 1.90. The Bertz CT molecular complexity index is 767. The molecule has 0 aliphatic rings. The second-order valence-corrected chi connectivity index (χ2v) is 5.47. The van der Waals surface area contributed by atoms with Crippen LogP contribution in [0.25, 0.3) is 5.65 Å². The number of fused-ring (bicyclic) bond motifs is 1. The molecule has 0 aliphatic heterocycles. The van der Waals surface area contributed by atoms with Crippen molar-refractivity contribution < 1.29 is 4.39 Å². The van der Waals surface area contributed by atoms with Gasteiger partial charge in [-0.05, 0) is 37.3 Å². The zero-order valence-electron chi connectivity index (χ0n) is 10.9. The maximum Gasteiger partial charge on any atom is 0.146 e. The van der Waals surface area contributed by atoms with E-state index in [4.69, 9.17) is 0 Å². The quantitative estimate of drug-likeness (QED) is 0.779. The lowest BCUT2D eigenvalue weighted by Gasteiger charge is -2.09. The lowest BCUT2D eigenvalue weighted by molar-refractivity contribution is 0.629. The van der Waals surface area contributed by atoms with Gasteiger partial charge in [-0.25, -0.2) is 9.37 Å². The molecule has 0 spiro atoms. The van der Waals surface area contributed by atoms with Crippen LogP contribution in [0.2, 0.25) is 0 Å². The molecule has 0 unspecified atom stereocenters. The SMILES string of the molecule is Cc1nc2ccccn2c1CNc1cc(Br)ccc1F. The molecule has 0 radical (unpaired) electrons. The minimum atomic E-state index is -0.264. The van der Waals surface area contributed by atoms with Gasteiger partial charge in [-0.3, -0.25) is 0 Å². The van der Waals surface area contributed by atoms with Crippen molar-refractivity contribution in [3.63, 3.8) is 0 Å². The Hall–Kier alpha value is -1.88. The fraction of sp³-hybridized carbons (Fsp3) is 0.133. The van der Waals surface area contributed by atoms with Crippen LogP contribution in [-0.4, -0.2) is 9.38 Å². The smallest absolute Gasteiger partial charge is 0.146 e. The highest BCUT2D eigenvalue weighted by molar-refractivity contribution is 9.10. The zero-order valence-corrected chi connectivity index (χ0v) is 12.5. The molecule has 3 rings (SSSR count). The van der Waals surface area contributed by atoms with E-state index >= 15 is 0 Å². The number of aryl methyl sites for hydroxylation is 1. The van der Waals surface area contributed by atoms with Gasteiger partial charge in [-0.2, -0.15) is 0 Å². The number of aromatic nitrogens is 2. The summed E-state index contributed by atoms with van der Waals surface area (Å²) in [6, 6.07) is 10.7. The fourth-order valence-electron chi connectivity index (χ4n) is 2.19. The molecule has 0 aliphatic carbocycles. The van der Waals surface area contributed by atoms with Crippen molar-refractivity contribution >= 4 is 27.3 Å². The summed E-state index contributed by atoms with van der Waals surface area (Å²) in [5.41, 5.74) is 3.35. The zero-order chi connectivity index (χ0) is 14.1. The van der Waals surface area contributed by atoms with Gasteiger partial charge < -0.3 is 9.72 Å². The molecule has 20 heavy (non-hydrogen) atoms. The first kappa shape index (κ1) is 13.1. The highest BCUT2D eigenvalue weighted by atomic mass is 79.9. The first-order chi connectivity index (χ1) is 9.65. The molecular weight excluding hydrogens is 321 g/mol. The number of hydrogen-bond acceptors (Lipinski definition) is 2. The van der Waals surface area contributed by atoms with E-state index in [9.17, 15) is 4.39 Å². The van der Waals surface area contributed by atoms with Crippen LogP contribution >= 0.6 is 15.9 Å². The van der Waals surface area contributed by atoms with Crippen LogP contribution in [0.5, 0.6) is 0 Å². The molecule has 1 N–H and O–H groups in total. The van der Waals surface area contributed by atoms with Crippen LogP contribution < -0.4 is 5.32 Å². The van der Waals surface area contributed by atoms with Crippen LogP contribution in [0, 0.1) is 12.7 Å². The Labute approximate surface area is 124 Å². The third kappa shape index (κ3) is 2.41. The summed E-state index contributed by atoms with van der Waals surface area (Å²) in [6.07, 6.45) is 1.96. The lowest BCUT2D eigenvalue weighted by Crippen LogP contribution is -2.05. The summed E-state index contributed by atoms with van der Waals surface area (Å²) in [5.74, 6) is -0.264. The Morgan fingerprint density at radius 3 is 3.00 bits per heavy atom. The van der Waals surface area contributed by atoms with Crippen molar-refractivity contribution in [1.82, 2.24) is 9.38 Å². The normalized spacial score (nSPS) is 10.9. The van der Waals surface area contributed by atoms with Crippen molar-refractivity contribution in [3.8, 4) is 0 Å². The molecule has 0 saturated carbocycles. The Morgan fingerprint density at radius 2 is 2.15 bits per heavy atom. The molecule has 102 valence electrons. The molecule has 3 nitrogen and oxygen atoms in total. The predicted octanol–water partition coefficient (Wildman–Crippen LogP) is 4.16. The largest absolute Gasteiger partial charge is 0.377 e. The van der Waals surface area contributed by atoms with Crippen molar-refractivity contribution in [2.75, 3.05) is 5.32 Å². The molecule has 3 aromatic rings. The van der Waals surface area contributed by atoms with Gasteiger partial charge in [0.15, 0.2) is 0 Å². The topological polar surface area (TPSA) is 29.3 Å². The van der Waals surface area contributed by atoms with E-state index in [1.165, 1.54) is 6.07 Å². The second-order valence-electron chi connectivity index (χ2n) is 4.55. The predicted molar refractivity (Wildman–Crippen MR) is 81.4 cm³/mol. The molecule has 0 atom stereocenters. The fourth-order valence-corrected chi connectivity index (χ4v) is 2.55. The molecule has 2 heterocycles. The standard InChI is InChI=1S/C15H13BrFN3/c1-10-14(20-7-3-2-4-15(20)19-10)9-18-13-8-11(16)5-6-12(13)17/h2-8,18H,9H2,1H3. The van der Waals surface area contributed by atoms with E-state index in [0.29, 0.717) is 12.2 Å². The first-order valence-electron chi connectivity index (χ1n) is 6.26. The first-order valence-corrected chi connectivity index (χ1v) is 7.06. The average Bonchev–Trinajstić information content (AvgIpc) is 2.75. The second kappa shape index (κ2) is 5.25. The summed E-state index contributed by atoms with van der Waals surface area (Å²) in [5, 5.41) is 3.12. The van der Waals surface area contributed by atoms with Gasteiger partial charge in [0.05, 0.1) is 23.6 Å². The van der Waals surface area contributed by atoms with E-state index in [1.54, 1.807) is 12.1 Å². The summed E-state index contributed by atoms with van der Waals surface area (Å²) in [6.45, 7) is 2.48. The highest BCUT2D eigenvalue weighted by Crippen LogP contribution is 2.21. The average molecular weight is 334 g/mol. The van der Waals surface area contributed by atoms with Gasteiger partial charge in [0.25, 0.3) is 0 Å². The summed E-state index contributed by atoms with van der Waals surface area (Å²) in [4.78, 5) is 4.49. The molecular formula is C15H13BrFN3.